The zero-order chi connectivity index (χ0) is 14.1. The van der Waals surface area contributed by atoms with Gasteiger partial charge in [0.15, 0.2) is 0 Å². The van der Waals surface area contributed by atoms with Crippen molar-refractivity contribution < 1.29 is 4.79 Å². The lowest BCUT2D eigenvalue weighted by Gasteiger charge is -2.20. The minimum Gasteiger partial charge on any atom is -0.302 e. The molecular weight excluding hydrogens is 232 g/mol. The molecule has 0 aliphatic heterocycles. The summed E-state index contributed by atoms with van der Waals surface area (Å²) in [5, 5.41) is 0.676. The number of aldehydes is 1. The summed E-state index contributed by atoms with van der Waals surface area (Å²) in [5.74, 6) is 0. The maximum absolute atomic E-state index is 10.8. The molecule has 1 rings (SSSR count). The second kappa shape index (κ2) is 9.23. The molecule has 0 radical (unpaired) electrons. The number of halogens is 1. The van der Waals surface area contributed by atoms with Gasteiger partial charge in [0.05, 0.1) is 0 Å². The third-order valence-corrected chi connectivity index (χ3v) is 2.42. The molecule has 0 heterocycles. The summed E-state index contributed by atoms with van der Waals surface area (Å²) in [7, 11) is 0. The van der Waals surface area contributed by atoms with Gasteiger partial charge in [-0.1, -0.05) is 45.4 Å². The Hall–Kier alpha value is -0.820. The Morgan fingerprint density at radius 3 is 2.00 bits per heavy atom. The van der Waals surface area contributed by atoms with E-state index in [1.54, 1.807) is 0 Å². The van der Waals surface area contributed by atoms with Crippen molar-refractivity contribution in [3.05, 3.63) is 34.3 Å². The van der Waals surface area contributed by atoms with E-state index >= 15 is 0 Å². The van der Waals surface area contributed by atoms with Crippen LogP contribution in [0.25, 0.3) is 0 Å². The summed E-state index contributed by atoms with van der Waals surface area (Å²) in [6, 6.07) is 5.62. The first-order chi connectivity index (χ1) is 7.97. The third kappa shape index (κ3) is 5.88. The van der Waals surface area contributed by atoms with Crippen molar-refractivity contribution >= 4 is 17.9 Å². The van der Waals surface area contributed by atoms with Crippen molar-refractivity contribution in [2.45, 2.75) is 53.9 Å². The van der Waals surface area contributed by atoms with E-state index in [0.717, 1.165) is 17.4 Å². The van der Waals surface area contributed by atoms with E-state index in [9.17, 15) is 4.79 Å². The van der Waals surface area contributed by atoms with Gasteiger partial charge >= 0.3 is 0 Å². The highest BCUT2D eigenvalue weighted by Gasteiger charge is 2.21. The molecule has 0 atom stereocenters. The number of carbonyl (C=O) groups excluding carboxylic acids is 1. The summed E-state index contributed by atoms with van der Waals surface area (Å²) in [5.41, 5.74) is 1.64. The van der Waals surface area contributed by atoms with Crippen LogP contribution in [0.5, 0.6) is 0 Å². The van der Waals surface area contributed by atoms with Gasteiger partial charge in [-0.2, -0.15) is 0 Å². The number of rotatable bonds is 2. The fourth-order valence-corrected chi connectivity index (χ4v) is 1.52. The molecule has 0 saturated carbocycles. The van der Waals surface area contributed by atoms with E-state index in [1.165, 1.54) is 0 Å². The molecule has 0 aromatic heterocycles. The van der Waals surface area contributed by atoms with Gasteiger partial charge in [0.1, 0.15) is 6.29 Å². The van der Waals surface area contributed by atoms with Gasteiger partial charge in [0.25, 0.3) is 0 Å². The van der Waals surface area contributed by atoms with Gasteiger partial charge in [-0.25, -0.2) is 0 Å². The lowest BCUT2D eigenvalue weighted by atomic mass is 9.84. The van der Waals surface area contributed by atoms with Crippen LogP contribution in [0, 0.1) is 6.92 Å². The lowest BCUT2D eigenvalue weighted by molar-refractivity contribution is -0.111. The predicted molar refractivity (Wildman–Crippen MR) is 78.0 cm³/mol. The van der Waals surface area contributed by atoms with Crippen molar-refractivity contribution in [2.75, 3.05) is 0 Å². The van der Waals surface area contributed by atoms with Crippen molar-refractivity contribution in [3.63, 3.8) is 0 Å². The Bertz CT molecular complexity index is 330. The third-order valence-electron chi connectivity index (χ3n) is 2.19. The molecule has 1 nitrogen and oxygen atoms in total. The maximum Gasteiger partial charge on any atom is 0.129 e. The summed E-state index contributed by atoms with van der Waals surface area (Å²) in [4.78, 5) is 10.8. The topological polar surface area (TPSA) is 17.1 Å². The van der Waals surface area contributed by atoms with Gasteiger partial charge in [0.2, 0.25) is 0 Å². The van der Waals surface area contributed by atoms with Crippen LogP contribution in [-0.2, 0) is 10.2 Å². The normalized spacial score (nSPS) is 9.41. The fourth-order valence-electron chi connectivity index (χ4n) is 1.35. The smallest absolute Gasteiger partial charge is 0.129 e. The maximum atomic E-state index is 10.8. The highest BCUT2D eigenvalue weighted by molar-refractivity contribution is 6.30. The fraction of sp³-hybridized carbons (Fsp3) is 0.533. The largest absolute Gasteiger partial charge is 0.302 e. The molecular formula is C15H25ClO. The van der Waals surface area contributed by atoms with E-state index in [-0.39, 0.29) is 0 Å². The Morgan fingerprint density at radius 2 is 1.59 bits per heavy atom. The average molecular weight is 257 g/mol. The van der Waals surface area contributed by atoms with Crippen LogP contribution < -0.4 is 0 Å². The van der Waals surface area contributed by atoms with Gasteiger partial charge in [0, 0.05) is 10.4 Å². The molecule has 2 heteroatoms. The quantitative estimate of drug-likeness (QED) is 0.667. The first kappa shape index (κ1) is 18.5. The van der Waals surface area contributed by atoms with Crippen molar-refractivity contribution in [1.29, 1.82) is 0 Å². The number of aryl methyl sites for hydroxylation is 1. The molecule has 17 heavy (non-hydrogen) atoms. The number of hydrogen-bond donors (Lipinski definition) is 0. The van der Waals surface area contributed by atoms with Gasteiger partial charge in [-0.3, -0.25) is 0 Å². The van der Waals surface area contributed by atoms with Crippen LogP contribution in [0.1, 0.15) is 52.7 Å². The van der Waals surface area contributed by atoms with Gasteiger partial charge in [-0.15, -0.1) is 0 Å². The lowest BCUT2D eigenvalue weighted by Crippen LogP contribution is -2.19. The van der Waals surface area contributed by atoms with Crippen LogP contribution in [0.15, 0.2) is 18.2 Å². The number of hydrogen-bond acceptors (Lipinski definition) is 1. The zero-order valence-corrected chi connectivity index (χ0v) is 12.9. The van der Waals surface area contributed by atoms with E-state index in [4.69, 9.17) is 11.6 Å². The Morgan fingerprint density at radius 1 is 1.12 bits per heavy atom. The van der Waals surface area contributed by atoms with Crippen LogP contribution in [0.3, 0.4) is 0 Å². The molecule has 0 aliphatic rings. The van der Waals surface area contributed by atoms with Crippen LogP contribution >= 0.6 is 11.6 Å². The number of carbonyl (C=O) groups is 1. The zero-order valence-electron chi connectivity index (χ0n) is 12.1. The van der Waals surface area contributed by atoms with Crippen molar-refractivity contribution in [2.24, 2.45) is 0 Å². The molecule has 1 aromatic carbocycles. The van der Waals surface area contributed by atoms with E-state index in [1.807, 2.05) is 66.7 Å². The van der Waals surface area contributed by atoms with E-state index < -0.39 is 5.41 Å². The summed E-state index contributed by atoms with van der Waals surface area (Å²) < 4.78 is 0. The Balaban J connectivity index is 0. The van der Waals surface area contributed by atoms with Crippen LogP contribution in [-0.4, -0.2) is 6.29 Å². The average Bonchev–Trinajstić information content (AvgIpc) is 2.37. The molecule has 0 unspecified atom stereocenters. The summed E-state index contributed by atoms with van der Waals surface area (Å²) >= 11 is 5.86. The second-order valence-corrected chi connectivity index (χ2v) is 4.24. The monoisotopic (exact) mass is 256 g/mol. The summed E-state index contributed by atoms with van der Waals surface area (Å²) in [6.07, 6.45) is 0.950. The summed E-state index contributed by atoms with van der Waals surface area (Å²) in [6.45, 7) is 13.8. The Labute approximate surface area is 111 Å². The van der Waals surface area contributed by atoms with Gasteiger partial charge < -0.3 is 4.79 Å². The first-order valence-corrected chi connectivity index (χ1v) is 6.58. The predicted octanol–water partition coefficient (Wildman–Crippen LogP) is 5.18. The molecule has 0 amide bonds. The minimum absolute atomic E-state index is 0.449. The van der Waals surface area contributed by atoms with Gasteiger partial charge in [-0.05, 0) is 44.0 Å². The van der Waals surface area contributed by atoms with E-state index in [2.05, 4.69) is 0 Å². The van der Waals surface area contributed by atoms with Crippen molar-refractivity contribution in [3.8, 4) is 0 Å². The molecule has 98 valence electrons. The van der Waals surface area contributed by atoms with E-state index in [0.29, 0.717) is 5.02 Å². The molecule has 0 spiro atoms. The SMILES string of the molecule is CC.CC.Cc1ccc(Cl)cc1C(C)(C)C=O. The molecule has 0 bridgehead atoms. The Kier molecular flexibility index (Phi) is 10.1. The van der Waals surface area contributed by atoms with Crippen LogP contribution in [0.4, 0.5) is 0 Å². The molecule has 1 aromatic rings. The van der Waals surface area contributed by atoms with Crippen molar-refractivity contribution in [1.82, 2.24) is 0 Å². The minimum atomic E-state index is -0.449. The standard InChI is InChI=1S/C11H13ClO.2C2H6/c1-8-4-5-9(12)6-10(8)11(2,3)7-13;2*1-2/h4-7H,1-3H3;2*1-2H3. The van der Waals surface area contributed by atoms with Crippen LogP contribution in [0.2, 0.25) is 5.02 Å². The number of benzene rings is 1. The first-order valence-electron chi connectivity index (χ1n) is 6.20. The molecule has 0 fully saturated rings. The second-order valence-electron chi connectivity index (χ2n) is 3.80. The molecule has 0 aliphatic carbocycles. The molecule has 0 N–H and O–H groups in total. The highest BCUT2D eigenvalue weighted by atomic mass is 35.5. The molecule has 0 saturated heterocycles. The highest BCUT2D eigenvalue weighted by Crippen LogP contribution is 2.26.